The molecule has 12 heavy (non-hydrogen) atoms. The summed E-state index contributed by atoms with van der Waals surface area (Å²) in [7, 11) is 0. The number of rotatable bonds is 1. The van der Waals surface area contributed by atoms with Gasteiger partial charge in [0.15, 0.2) is 5.82 Å². The number of hydrogen-bond acceptors (Lipinski definition) is 1. The summed E-state index contributed by atoms with van der Waals surface area (Å²) in [6.45, 7) is 0. The Balaban J connectivity index is 3.37. The third-order valence-corrected chi connectivity index (χ3v) is 2.12. The SMILES string of the molecule is O=C(O)c1cc(I)cc(Cl)c1F. The summed E-state index contributed by atoms with van der Waals surface area (Å²) in [6, 6.07) is 2.59. The molecule has 1 N–H and O–H groups in total. The van der Waals surface area contributed by atoms with Crippen LogP contribution in [-0.4, -0.2) is 11.1 Å². The third kappa shape index (κ3) is 1.87. The lowest BCUT2D eigenvalue weighted by Crippen LogP contribution is -2.01. The second-order valence-corrected chi connectivity index (χ2v) is 3.71. The maximum atomic E-state index is 12.9. The maximum absolute atomic E-state index is 12.9. The zero-order valence-corrected chi connectivity index (χ0v) is 8.56. The van der Waals surface area contributed by atoms with Gasteiger partial charge in [0.05, 0.1) is 10.6 Å². The van der Waals surface area contributed by atoms with Crippen molar-refractivity contribution < 1.29 is 14.3 Å². The predicted octanol–water partition coefficient (Wildman–Crippen LogP) is 2.78. The van der Waals surface area contributed by atoms with Crippen molar-refractivity contribution in [3.8, 4) is 0 Å². The molecule has 1 aromatic carbocycles. The van der Waals surface area contributed by atoms with Crippen molar-refractivity contribution in [2.75, 3.05) is 0 Å². The molecular formula is C7H3ClFIO2. The van der Waals surface area contributed by atoms with Crippen LogP contribution < -0.4 is 0 Å². The van der Waals surface area contributed by atoms with Crippen LogP contribution in [0.4, 0.5) is 4.39 Å². The number of hydrogen-bond donors (Lipinski definition) is 1. The molecule has 1 rings (SSSR count). The van der Waals surface area contributed by atoms with Gasteiger partial charge in [-0.2, -0.15) is 0 Å². The first kappa shape index (κ1) is 9.73. The fourth-order valence-electron chi connectivity index (χ4n) is 0.712. The van der Waals surface area contributed by atoms with Crippen LogP contribution >= 0.6 is 34.2 Å². The molecule has 0 fully saturated rings. The van der Waals surface area contributed by atoms with Crippen molar-refractivity contribution in [1.29, 1.82) is 0 Å². The summed E-state index contributed by atoms with van der Waals surface area (Å²) < 4.78 is 13.5. The van der Waals surface area contributed by atoms with Crippen LogP contribution in [0.1, 0.15) is 10.4 Å². The minimum atomic E-state index is -1.31. The van der Waals surface area contributed by atoms with Crippen molar-refractivity contribution in [3.05, 3.63) is 32.1 Å². The monoisotopic (exact) mass is 300 g/mol. The largest absolute Gasteiger partial charge is 0.478 e. The van der Waals surface area contributed by atoms with Crippen LogP contribution in [0.25, 0.3) is 0 Å². The molecule has 0 aromatic heterocycles. The van der Waals surface area contributed by atoms with Crippen LogP contribution in [0, 0.1) is 9.39 Å². The Bertz CT molecular complexity index is 340. The minimum absolute atomic E-state index is 0.167. The Morgan fingerprint density at radius 3 is 2.67 bits per heavy atom. The van der Waals surface area contributed by atoms with Gasteiger partial charge >= 0.3 is 5.97 Å². The highest BCUT2D eigenvalue weighted by atomic mass is 127. The zero-order chi connectivity index (χ0) is 9.30. The molecule has 5 heteroatoms. The number of benzene rings is 1. The quantitative estimate of drug-likeness (QED) is 0.639. The van der Waals surface area contributed by atoms with Gasteiger partial charge in [-0.25, -0.2) is 9.18 Å². The normalized spacial score (nSPS) is 9.92. The fourth-order valence-corrected chi connectivity index (χ4v) is 1.74. The smallest absolute Gasteiger partial charge is 0.338 e. The van der Waals surface area contributed by atoms with E-state index in [4.69, 9.17) is 16.7 Å². The molecule has 0 saturated heterocycles. The molecule has 0 atom stereocenters. The molecule has 0 aliphatic carbocycles. The Morgan fingerprint density at radius 2 is 2.17 bits per heavy atom. The summed E-state index contributed by atoms with van der Waals surface area (Å²) in [5.74, 6) is -2.20. The number of carbonyl (C=O) groups is 1. The standard InChI is InChI=1S/C7H3ClFIO2/c8-5-2-3(10)1-4(6(5)9)7(11)12/h1-2H,(H,11,12). The van der Waals surface area contributed by atoms with E-state index in [1.807, 2.05) is 22.6 Å². The number of aromatic carboxylic acids is 1. The summed E-state index contributed by atoms with van der Waals surface area (Å²) in [5.41, 5.74) is -0.396. The molecule has 0 radical (unpaired) electrons. The predicted molar refractivity (Wildman–Crippen MR) is 51.1 cm³/mol. The average molecular weight is 300 g/mol. The topological polar surface area (TPSA) is 37.3 Å². The lowest BCUT2D eigenvalue weighted by Gasteiger charge is -1.99. The molecular weight excluding hydrogens is 297 g/mol. The summed E-state index contributed by atoms with van der Waals surface area (Å²) in [6.07, 6.45) is 0. The van der Waals surface area contributed by atoms with E-state index < -0.39 is 17.3 Å². The molecule has 0 heterocycles. The van der Waals surface area contributed by atoms with Gasteiger partial charge in [-0.1, -0.05) is 11.6 Å². The summed E-state index contributed by atoms with van der Waals surface area (Å²) >= 11 is 7.29. The second-order valence-electron chi connectivity index (χ2n) is 2.05. The molecule has 0 saturated carbocycles. The van der Waals surface area contributed by atoms with E-state index in [9.17, 15) is 9.18 Å². The Labute approximate surface area is 86.5 Å². The number of carboxylic acid groups (broad SMARTS) is 1. The van der Waals surface area contributed by atoms with Gasteiger partial charge in [0, 0.05) is 3.57 Å². The van der Waals surface area contributed by atoms with Crippen LogP contribution in [0.5, 0.6) is 0 Å². The highest BCUT2D eigenvalue weighted by molar-refractivity contribution is 14.1. The van der Waals surface area contributed by atoms with Crippen LogP contribution in [0.3, 0.4) is 0 Å². The van der Waals surface area contributed by atoms with E-state index in [0.29, 0.717) is 3.57 Å². The second kappa shape index (κ2) is 3.57. The average Bonchev–Trinajstić information content (AvgIpc) is 1.96. The van der Waals surface area contributed by atoms with E-state index in [-0.39, 0.29) is 5.02 Å². The highest BCUT2D eigenvalue weighted by Gasteiger charge is 2.13. The van der Waals surface area contributed by atoms with Gasteiger partial charge in [0.2, 0.25) is 0 Å². The minimum Gasteiger partial charge on any atom is -0.478 e. The van der Waals surface area contributed by atoms with Crippen molar-refractivity contribution >= 4 is 40.2 Å². The van der Waals surface area contributed by atoms with Crippen molar-refractivity contribution in [2.45, 2.75) is 0 Å². The third-order valence-electron chi connectivity index (χ3n) is 1.22. The first-order valence-corrected chi connectivity index (χ1v) is 4.36. The molecule has 0 amide bonds. The van der Waals surface area contributed by atoms with Crippen molar-refractivity contribution in [2.24, 2.45) is 0 Å². The van der Waals surface area contributed by atoms with E-state index in [2.05, 4.69) is 0 Å². The van der Waals surface area contributed by atoms with E-state index >= 15 is 0 Å². The summed E-state index contributed by atoms with van der Waals surface area (Å²) in [5, 5.41) is 8.35. The molecule has 1 aromatic rings. The van der Waals surface area contributed by atoms with Crippen molar-refractivity contribution in [1.82, 2.24) is 0 Å². The van der Waals surface area contributed by atoms with Crippen LogP contribution in [0.2, 0.25) is 5.02 Å². The van der Waals surface area contributed by atoms with Gasteiger partial charge in [-0.3, -0.25) is 0 Å². The number of halogens is 3. The van der Waals surface area contributed by atoms with E-state index in [1.165, 1.54) is 12.1 Å². The van der Waals surface area contributed by atoms with Crippen molar-refractivity contribution in [3.63, 3.8) is 0 Å². The molecule has 0 bridgehead atoms. The molecule has 0 aliphatic rings. The zero-order valence-electron chi connectivity index (χ0n) is 5.64. The lowest BCUT2D eigenvalue weighted by atomic mass is 10.2. The maximum Gasteiger partial charge on any atom is 0.338 e. The molecule has 0 aliphatic heterocycles. The molecule has 0 spiro atoms. The van der Waals surface area contributed by atoms with Crippen LogP contribution in [0.15, 0.2) is 12.1 Å². The van der Waals surface area contributed by atoms with Gasteiger partial charge in [0.25, 0.3) is 0 Å². The first-order chi connectivity index (χ1) is 5.52. The Hall–Kier alpha value is -0.360. The van der Waals surface area contributed by atoms with Crippen LogP contribution in [-0.2, 0) is 0 Å². The fraction of sp³-hybridized carbons (Fsp3) is 0. The molecule has 0 unspecified atom stereocenters. The highest BCUT2D eigenvalue weighted by Crippen LogP contribution is 2.21. The molecule has 64 valence electrons. The first-order valence-electron chi connectivity index (χ1n) is 2.90. The Morgan fingerprint density at radius 1 is 1.58 bits per heavy atom. The molecule has 2 nitrogen and oxygen atoms in total. The lowest BCUT2D eigenvalue weighted by molar-refractivity contribution is 0.0692. The van der Waals surface area contributed by atoms with E-state index in [0.717, 1.165) is 0 Å². The van der Waals surface area contributed by atoms with Gasteiger partial charge in [-0.15, -0.1) is 0 Å². The van der Waals surface area contributed by atoms with Gasteiger partial charge in [0.1, 0.15) is 0 Å². The van der Waals surface area contributed by atoms with Gasteiger partial charge < -0.3 is 5.11 Å². The van der Waals surface area contributed by atoms with Gasteiger partial charge in [-0.05, 0) is 34.7 Å². The summed E-state index contributed by atoms with van der Waals surface area (Å²) in [4.78, 5) is 10.4. The number of carboxylic acids is 1. The Kier molecular flexibility index (Phi) is 2.89. The van der Waals surface area contributed by atoms with E-state index in [1.54, 1.807) is 0 Å².